The van der Waals surface area contributed by atoms with Gasteiger partial charge in [0.2, 0.25) is 0 Å². The summed E-state index contributed by atoms with van der Waals surface area (Å²) in [5.41, 5.74) is 10.4. The lowest BCUT2D eigenvalue weighted by molar-refractivity contribution is 0.669. The van der Waals surface area contributed by atoms with Gasteiger partial charge in [0.1, 0.15) is 19.2 Å². The highest BCUT2D eigenvalue weighted by atomic mass is 32.1. The number of nitrogens with zero attached hydrogens (tertiary/aromatic N) is 1. The third-order valence-corrected chi connectivity index (χ3v) is 16.0. The second kappa shape index (κ2) is 11.0. The number of thiophene rings is 1. The molecule has 11 rings (SSSR count). The SMILES string of the molecule is C[Si]1(C)c2ccccc2-c2ccc(N(c3ccc(-c4ccccc4)cc3)c3ccc4c(c3)oc3ccc5sc6c7ccccc7ccc6c5c34)cc21. The summed E-state index contributed by atoms with van der Waals surface area (Å²) in [5.74, 6) is 0. The molecule has 0 radical (unpaired) electrons. The Bertz CT molecular complexity index is 3050. The molecule has 0 amide bonds. The summed E-state index contributed by atoms with van der Waals surface area (Å²) in [5, 5.41) is 10.5. The van der Waals surface area contributed by atoms with E-state index in [-0.39, 0.29) is 0 Å². The molecule has 2 nitrogen and oxygen atoms in total. The first kappa shape index (κ1) is 29.8. The molecule has 2 aromatic heterocycles. The van der Waals surface area contributed by atoms with Crippen molar-refractivity contribution < 1.29 is 4.42 Å². The quantitative estimate of drug-likeness (QED) is 0.170. The van der Waals surface area contributed by atoms with Crippen LogP contribution in [0.4, 0.5) is 17.1 Å². The summed E-state index contributed by atoms with van der Waals surface area (Å²) in [4.78, 5) is 2.40. The van der Waals surface area contributed by atoms with E-state index in [1.807, 2.05) is 11.3 Å². The van der Waals surface area contributed by atoms with Crippen LogP contribution in [0.1, 0.15) is 0 Å². The van der Waals surface area contributed by atoms with Gasteiger partial charge in [-0.25, -0.2) is 0 Å². The van der Waals surface area contributed by atoms with E-state index in [2.05, 4.69) is 182 Å². The average Bonchev–Trinajstić information content (AvgIpc) is 3.83. The van der Waals surface area contributed by atoms with Gasteiger partial charge in [-0.15, -0.1) is 11.3 Å². The van der Waals surface area contributed by atoms with Crippen molar-refractivity contribution in [1.29, 1.82) is 0 Å². The van der Waals surface area contributed by atoms with Gasteiger partial charge in [-0.1, -0.05) is 122 Å². The smallest absolute Gasteiger partial charge is 0.137 e. The van der Waals surface area contributed by atoms with Crippen LogP contribution in [0.5, 0.6) is 0 Å². The maximum absolute atomic E-state index is 6.74. The normalized spacial score (nSPS) is 13.3. The minimum absolute atomic E-state index is 0.898. The van der Waals surface area contributed by atoms with Crippen LogP contribution < -0.4 is 15.3 Å². The second-order valence-electron chi connectivity index (χ2n) is 14.5. The Morgan fingerprint density at radius 2 is 1.17 bits per heavy atom. The molecule has 0 bridgehead atoms. The molecule has 4 heteroatoms. The first-order chi connectivity index (χ1) is 25.5. The van der Waals surface area contributed by atoms with Crippen molar-refractivity contribution in [3.63, 3.8) is 0 Å². The van der Waals surface area contributed by atoms with Gasteiger partial charge in [-0.3, -0.25) is 0 Å². The molecule has 0 atom stereocenters. The molecule has 3 heterocycles. The molecule has 0 fully saturated rings. The highest BCUT2D eigenvalue weighted by molar-refractivity contribution is 7.27. The molecule has 1 aliphatic heterocycles. The van der Waals surface area contributed by atoms with Crippen LogP contribution in [0, 0.1) is 0 Å². The molecule has 0 saturated carbocycles. The van der Waals surface area contributed by atoms with Crippen molar-refractivity contribution in [2.24, 2.45) is 0 Å². The molecule has 1 aliphatic rings. The summed E-state index contributed by atoms with van der Waals surface area (Å²) in [6.07, 6.45) is 0. The third kappa shape index (κ3) is 4.29. The van der Waals surface area contributed by atoms with Gasteiger partial charge in [0.05, 0.1) is 0 Å². The Labute approximate surface area is 306 Å². The zero-order valence-electron chi connectivity index (χ0n) is 28.9. The van der Waals surface area contributed by atoms with E-state index < -0.39 is 8.07 Å². The largest absolute Gasteiger partial charge is 0.456 e. The molecule has 246 valence electrons. The predicted molar refractivity (Wildman–Crippen MR) is 226 cm³/mol. The summed E-state index contributed by atoms with van der Waals surface area (Å²) in [7, 11) is -1.88. The maximum atomic E-state index is 6.74. The van der Waals surface area contributed by atoms with Gasteiger partial charge in [0.25, 0.3) is 0 Å². The van der Waals surface area contributed by atoms with Crippen molar-refractivity contribution in [1.82, 2.24) is 0 Å². The molecule has 0 saturated heterocycles. The van der Waals surface area contributed by atoms with Gasteiger partial charge >= 0.3 is 0 Å². The zero-order valence-corrected chi connectivity index (χ0v) is 30.7. The van der Waals surface area contributed by atoms with Crippen LogP contribution in [0.15, 0.2) is 168 Å². The van der Waals surface area contributed by atoms with Gasteiger partial charge < -0.3 is 9.32 Å². The summed E-state index contributed by atoms with van der Waals surface area (Å²) >= 11 is 1.88. The van der Waals surface area contributed by atoms with E-state index in [4.69, 9.17) is 4.42 Å². The summed E-state index contributed by atoms with van der Waals surface area (Å²) < 4.78 is 9.36. The first-order valence-corrected chi connectivity index (χ1v) is 21.7. The lowest BCUT2D eigenvalue weighted by Gasteiger charge is -2.27. The predicted octanol–water partition coefficient (Wildman–Crippen LogP) is 13.0. The third-order valence-electron chi connectivity index (χ3n) is 11.3. The van der Waals surface area contributed by atoms with Crippen molar-refractivity contribution >= 4 is 99.7 Å². The fourth-order valence-electron chi connectivity index (χ4n) is 8.70. The van der Waals surface area contributed by atoms with E-state index in [9.17, 15) is 0 Å². The number of anilines is 3. The molecule has 0 unspecified atom stereocenters. The monoisotopic (exact) mass is 699 g/mol. The molecule has 0 spiro atoms. The molecule has 10 aromatic rings. The van der Waals surface area contributed by atoms with Crippen molar-refractivity contribution in [3.8, 4) is 22.3 Å². The van der Waals surface area contributed by atoms with Gasteiger partial charge in [-0.05, 0) is 91.9 Å². The van der Waals surface area contributed by atoms with Crippen LogP contribution in [0.2, 0.25) is 13.1 Å². The summed E-state index contributed by atoms with van der Waals surface area (Å²) in [6, 6.07) is 60.1. The number of hydrogen-bond donors (Lipinski definition) is 0. The second-order valence-corrected chi connectivity index (χ2v) is 19.9. The van der Waals surface area contributed by atoms with Crippen molar-refractivity contribution in [2.75, 3.05) is 4.90 Å². The molecular weight excluding hydrogens is 667 g/mol. The molecule has 8 aromatic carbocycles. The number of furan rings is 1. The number of hydrogen-bond acceptors (Lipinski definition) is 3. The number of benzene rings is 8. The molecule has 0 aliphatic carbocycles. The van der Waals surface area contributed by atoms with Gasteiger partial charge in [0, 0.05) is 54.1 Å². The van der Waals surface area contributed by atoms with E-state index in [0.29, 0.717) is 0 Å². The van der Waals surface area contributed by atoms with Crippen LogP contribution in [0.25, 0.3) is 75.1 Å². The molecule has 52 heavy (non-hydrogen) atoms. The van der Waals surface area contributed by atoms with Crippen LogP contribution in [-0.2, 0) is 0 Å². The van der Waals surface area contributed by atoms with Gasteiger partial charge in [0.15, 0.2) is 0 Å². The maximum Gasteiger partial charge on any atom is 0.137 e. The fraction of sp³-hybridized carbons (Fsp3) is 0.0417. The Hall–Kier alpha value is -5.94. The number of rotatable bonds is 4. The Kier molecular flexibility index (Phi) is 6.31. The van der Waals surface area contributed by atoms with E-state index in [1.165, 1.54) is 69.0 Å². The van der Waals surface area contributed by atoms with Gasteiger partial charge in [-0.2, -0.15) is 0 Å². The Morgan fingerprint density at radius 1 is 0.481 bits per heavy atom. The van der Waals surface area contributed by atoms with Crippen molar-refractivity contribution in [2.45, 2.75) is 13.1 Å². The highest BCUT2D eigenvalue weighted by Crippen LogP contribution is 2.46. The minimum atomic E-state index is -1.88. The van der Waals surface area contributed by atoms with Crippen LogP contribution in [-0.4, -0.2) is 8.07 Å². The standard InChI is InChI=1S/C48H33NOSSi/c1-52(2)44-15-9-8-14-37(44)38-24-21-35(29-45(38)52)49(33-19-16-31(17-20-33)30-10-4-3-5-11-30)34-22-25-39-42(28-34)50-41-26-27-43-47(46(39)41)40-23-18-32-12-6-7-13-36(32)48(40)51-43/h3-29H,1-2H3. The summed E-state index contributed by atoms with van der Waals surface area (Å²) in [6.45, 7) is 4.97. The van der Waals surface area contributed by atoms with E-state index >= 15 is 0 Å². The van der Waals surface area contributed by atoms with Crippen LogP contribution >= 0.6 is 11.3 Å². The molecular formula is C48H33NOSSi. The fourth-order valence-corrected chi connectivity index (χ4v) is 13.0. The first-order valence-electron chi connectivity index (χ1n) is 17.9. The average molecular weight is 700 g/mol. The lowest BCUT2D eigenvalue weighted by Crippen LogP contribution is -2.49. The zero-order chi connectivity index (χ0) is 34.6. The van der Waals surface area contributed by atoms with Crippen LogP contribution in [0.3, 0.4) is 0 Å². The van der Waals surface area contributed by atoms with Crippen molar-refractivity contribution in [3.05, 3.63) is 164 Å². The lowest BCUT2D eigenvalue weighted by atomic mass is 10.0. The van der Waals surface area contributed by atoms with E-state index in [0.717, 1.165) is 33.6 Å². The topological polar surface area (TPSA) is 16.4 Å². The molecule has 0 N–H and O–H groups in total. The van der Waals surface area contributed by atoms with E-state index in [1.54, 1.807) is 0 Å². The Balaban J connectivity index is 1.10. The highest BCUT2D eigenvalue weighted by Gasteiger charge is 2.37. The minimum Gasteiger partial charge on any atom is -0.456 e. The Morgan fingerprint density at radius 3 is 2.06 bits per heavy atom. The number of fused-ring (bicyclic) bond motifs is 12.